The highest BCUT2D eigenvalue weighted by Crippen LogP contribution is 2.54. The maximum Gasteiger partial charge on any atom is -0.0175 e. The lowest BCUT2D eigenvalue weighted by Gasteiger charge is -2.53. The van der Waals surface area contributed by atoms with Gasteiger partial charge in [-0.25, -0.2) is 0 Å². The maximum atomic E-state index is 2.48. The molecule has 0 heterocycles. The van der Waals surface area contributed by atoms with E-state index in [1.54, 1.807) is 22.3 Å². The molecule has 0 heteroatoms. The lowest BCUT2D eigenvalue weighted by molar-refractivity contribution is -0.0466. The first-order valence-corrected chi connectivity index (χ1v) is 51.3. The first-order valence-electron chi connectivity index (χ1n) is 51.3. The van der Waals surface area contributed by atoms with E-state index in [0.29, 0.717) is 0 Å². The fourth-order valence-corrected chi connectivity index (χ4v) is 21.4. The Kier molecular flexibility index (Phi) is 56.1. The standard InChI is InChI=1S/C18H18.C14H22.C12H22.C10H20.C9H18.5C8H16.C8H18.2C2H6/c1-11-5-15-9-17-7-13(3)14(4)8-18(17)10-16(15)6-12(11)2;1-5-11-9-13(7-3)14(8-4)10-12(11)6-2;1-7-8(2)12-6-5-11(7)9(3)10(12)4;1-7-5-9(3)10(4)6-8(7)2;1-6-5-7(2)9(4)8(6)3;1-5-6(2)8(4)7(5)3;4*1-7-5-3-4-6-8(7)2;1-5-7(3)8(4)6-2;2*1-2/h5-10H,1-4H3;9-10H,5-8H2,1-4H3;7-12H,5-6H2,1-4H3;7-10H,5-6H2,1-4H3;6-9H,5H2,1-4H3;5-8H,1-4H3;4*7-8H,3-6H2,1-2H3;7-8H,5-6H2,1-4H3;2*1-2H3. The summed E-state index contributed by atoms with van der Waals surface area (Å²) >= 11 is 0. The Morgan fingerprint density at radius 3 is 0.530 bits per heavy atom. The highest BCUT2D eigenvalue weighted by Gasteiger charge is 2.47. The Hall–Kier alpha value is -2.60. The Morgan fingerprint density at radius 2 is 0.391 bits per heavy atom. The van der Waals surface area contributed by atoms with E-state index in [2.05, 4.69) is 298 Å². The van der Waals surface area contributed by atoms with Gasteiger partial charge in [0, 0.05) is 0 Å². The number of fused-ring (bicyclic) bond motifs is 5. The number of aryl methyl sites for hydroxylation is 8. The lowest BCUT2D eigenvalue weighted by Crippen LogP contribution is -2.47. The molecule has 0 nitrogen and oxygen atoms in total. The van der Waals surface area contributed by atoms with E-state index in [4.69, 9.17) is 0 Å². The quantitative estimate of drug-likeness (QED) is 0.162. The molecule has 0 radical (unpaired) electrons. The van der Waals surface area contributed by atoms with Crippen molar-refractivity contribution in [1.29, 1.82) is 0 Å². The van der Waals surface area contributed by atoms with Gasteiger partial charge in [0.05, 0.1) is 0 Å². The molecular formula is C115H210. The third-order valence-corrected chi connectivity index (χ3v) is 34.8. The van der Waals surface area contributed by atoms with Crippen molar-refractivity contribution in [1.82, 2.24) is 0 Å². The van der Waals surface area contributed by atoms with E-state index in [-0.39, 0.29) is 0 Å². The molecule has 10 saturated carbocycles. The van der Waals surface area contributed by atoms with Crippen LogP contribution in [0.5, 0.6) is 0 Å². The molecule has 4 aromatic carbocycles. The second-order valence-corrected chi connectivity index (χ2v) is 42.0. The molecule has 115 heavy (non-hydrogen) atoms. The van der Waals surface area contributed by atoms with Gasteiger partial charge >= 0.3 is 0 Å². The smallest absolute Gasteiger partial charge is 0.0175 e. The van der Waals surface area contributed by atoms with Gasteiger partial charge in [0.2, 0.25) is 0 Å². The Bertz CT molecular complexity index is 2650. The van der Waals surface area contributed by atoms with E-state index in [1.807, 2.05) is 27.7 Å². The third-order valence-electron chi connectivity index (χ3n) is 34.8. The molecule has 0 N–H and O–H groups in total. The van der Waals surface area contributed by atoms with Crippen molar-refractivity contribution in [3.63, 3.8) is 0 Å². The van der Waals surface area contributed by atoms with Crippen LogP contribution in [-0.2, 0) is 25.7 Å². The van der Waals surface area contributed by atoms with Crippen LogP contribution < -0.4 is 0 Å². The summed E-state index contributed by atoms with van der Waals surface area (Å²) in [5.41, 5.74) is 11.6. The van der Waals surface area contributed by atoms with Gasteiger partial charge in [0.25, 0.3) is 0 Å². The van der Waals surface area contributed by atoms with Crippen molar-refractivity contribution in [2.75, 3.05) is 0 Å². The van der Waals surface area contributed by atoms with Gasteiger partial charge in [0.1, 0.15) is 0 Å². The highest BCUT2D eigenvalue weighted by atomic mass is 14.5. The van der Waals surface area contributed by atoms with Crippen molar-refractivity contribution in [3.05, 3.63) is 93.0 Å². The molecule has 22 atom stereocenters. The van der Waals surface area contributed by atoms with E-state index < -0.39 is 0 Å². The summed E-state index contributed by atoms with van der Waals surface area (Å²) in [6.07, 6.45) is 38.3. The van der Waals surface area contributed by atoms with Crippen LogP contribution in [0.3, 0.4) is 0 Å². The van der Waals surface area contributed by atoms with Gasteiger partial charge in [-0.05, 0) is 329 Å². The van der Waals surface area contributed by atoms with Crippen LogP contribution in [0.2, 0.25) is 0 Å². The second-order valence-electron chi connectivity index (χ2n) is 42.0. The van der Waals surface area contributed by atoms with Crippen LogP contribution in [-0.4, -0.2) is 0 Å². The van der Waals surface area contributed by atoms with Crippen molar-refractivity contribution in [2.45, 2.75) is 450 Å². The minimum absolute atomic E-state index is 0.917. The first kappa shape index (κ1) is 110. The van der Waals surface area contributed by atoms with Gasteiger partial charge < -0.3 is 0 Å². The largest absolute Gasteiger partial charge is 0.0683 e. The van der Waals surface area contributed by atoms with Gasteiger partial charge in [-0.2, -0.15) is 0 Å². The minimum Gasteiger partial charge on any atom is -0.0683 e. The van der Waals surface area contributed by atoms with Crippen LogP contribution in [0.25, 0.3) is 21.5 Å². The zero-order valence-corrected chi connectivity index (χ0v) is 85.9. The summed E-state index contributed by atoms with van der Waals surface area (Å²) in [5, 5.41) is 5.37. The summed E-state index contributed by atoms with van der Waals surface area (Å²) in [5.74, 6) is 27.5. The molecule has 10 aliphatic rings. The summed E-state index contributed by atoms with van der Waals surface area (Å²) in [7, 11) is 0. The van der Waals surface area contributed by atoms with Crippen LogP contribution in [0.4, 0.5) is 0 Å². The molecule has 10 aliphatic carbocycles. The fraction of sp³-hybridized carbons (Fsp3) is 0.826. The van der Waals surface area contributed by atoms with Gasteiger partial charge in [-0.15, -0.1) is 0 Å². The summed E-state index contributed by atoms with van der Waals surface area (Å²) < 4.78 is 0. The molecule has 0 saturated heterocycles. The molecule has 4 aromatic rings. The fourth-order valence-electron chi connectivity index (χ4n) is 21.4. The van der Waals surface area contributed by atoms with Crippen LogP contribution >= 0.6 is 0 Å². The predicted molar refractivity (Wildman–Crippen MR) is 530 cm³/mol. The molecule has 14 rings (SSSR count). The van der Waals surface area contributed by atoms with E-state index >= 15 is 0 Å². The average Bonchev–Trinajstić information content (AvgIpc) is 0.948. The molecule has 670 valence electrons. The zero-order chi connectivity index (χ0) is 87.8. The van der Waals surface area contributed by atoms with Crippen LogP contribution in [0, 0.1) is 193 Å². The Labute approximate surface area is 726 Å². The van der Waals surface area contributed by atoms with Gasteiger partial charge in [-0.1, -0.05) is 401 Å². The summed E-state index contributed by atoms with van der Waals surface area (Å²) in [6, 6.07) is 18.6. The van der Waals surface area contributed by atoms with Crippen molar-refractivity contribution in [2.24, 2.45) is 166 Å². The Morgan fingerprint density at radius 1 is 0.217 bits per heavy atom. The first-order chi connectivity index (χ1) is 54.2. The highest BCUT2D eigenvalue weighted by molar-refractivity contribution is 5.99. The number of hydrogen-bond acceptors (Lipinski definition) is 0. The van der Waals surface area contributed by atoms with Crippen molar-refractivity contribution >= 4 is 21.5 Å². The predicted octanol–water partition coefficient (Wildman–Crippen LogP) is 38.0. The SMILES string of the molecule is CC.CC.CC1C(C)C(C)C1C.CC1C(C)C2CCC1C(C)C2C.CC1CC(C)C(C)C1C.CC1CC(C)C(C)CC1C.CC1CCCCC1C.CC1CCCCC1C.CC1CCCCC1C.CC1CCCCC1C.CCC(C)C(C)CC.CCc1cc(CC)c(CC)cc1CC.Cc1cc2cc3cc(C)c(C)cc3cc2cc1C. The van der Waals surface area contributed by atoms with Gasteiger partial charge in [0.15, 0.2) is 0 Å². The number of benzene rings is 4. The van der Waals surface area contributed by atoms with Crippen LogP contribution in [0.1, 0.15) is 441 Å². The molecule has 0 spiro atoms. The topological polar surface area (TPSA) is 0 Å². The summed E-state index contributed by atoms with van der Waals surface area (Å²) in [6.45, 7) is 92.4. The second kappa shape index (κ2) is 58.5. The third kappa shape index (κ3) is 36.8. The van der Waals surface area contributed by atoms with Crippen LogP contribution in [0.15, 0.2) is 48.5 Å². The number of rotatable bonds is 7. The van der Waals surface area contributed by atoms with E-state index in [0.717, 1.165) is 166 Å². The molecule has 10 fully saturated rings. The van der Waals surface area contributed by atoms with Gasteiger partial charge in [-0.3, -0.25) is 0 Å². The maximum absolute atomic E-state index is 2.48. The lowest BCUT2D eigenvalue weighted by atomic mass is 9.52. The zero-order valence-electron chi connectivity index (χ0n) is 85.9. The van der Waals surface area contributed by atoms with Crippen molar-refractivity contribution in [3.8, 4) is 0 Å². The van der Waals surface area contributed by atoms with Crippen molar-refractivity contribution < 1.29 is 0 Å². The molecular weight excluding hydrogens is 1380 g/mol. The Balaban J connectivity index is 0.000000637. The molecule has 0 aromatic heterocycles. The summed E-state index contributed by atoms with van der Waals surface area (Å²) in [4.78, 5) is 0. The molecule has 22 unspecified atom stereocenters. The number of hydrogen-bond donors (Lipinski definition) is 0. The van der Waals surface area contributed by atoms with E-state index in [1.165, 1.54) is 217 Å². The van der Waals surface area contributed by atoms with E-state index in [9.17, 15) is 0 Å². The molecule has 0 amide bonds. The monoisotopic (exact) mass is 1590 g/mol. The minimum atomic E-state index is 0.917. The molecule has 0 aliphatic heterocycles. The average molecular weight is 1590 g/mol. The normalized spacial score (nSPS) is 33.8. The molecule has 2 bridgehead atoms.